The predicted molar refractivity (Wildman–Crippen MR) is 60.4 cm³/mol. The maximum Gasteiger partial charge on any atom is 0.337 e. The van der Waals surface area contributed by atoms with Crippen molar-refractivity contribution in [2.45, 2.75) is 46.0 Å². The van der Waals surface area contributed by atoms with E-state index >= 15 is 0 Å². The van der Waals surface area contributed by atoms with Crippen LogP contribution in [0.1, 0.15) is 55.9 Å². The van der Waals surface area contributed by atoms with Gasteiger partial charge in [0.15, 0.2) is 0 Å². The molecule has 84 valence electrons. The molecule has 0 spiro atoms. The van der Waals surface area contributed by atoms with Crippen molar-refractivity contribution in [3.63, 3.8) is 0 Å². The Morgan fingerprint density at radius 2 is 2.07 bits per heavy atom. The molecule has 0 saturated heterocycles. The summed E-state index contributed by atoms with van der Waals surface area (Å²) in [6.07, 6.45) is 1.92. The fraction of sp³-hybridized carbons (Fsp3) is 0.583. The molecule has 0 aliphatic rings. The molecule has 15 heavy (non-hydrogen) atoms. The minimum Gasteiger partial charge on any atom is -0.478 e. The van der Waals surface area contributed by atoms with Gasteiger partial charge >= 0.3 is 5.97 Å². The van der Waals surface area contributed by atoms with Gasteiger partial charge in [-0.05, 0) is 12.5 Å². The maximum absolute atomic E-state index is 11.1. The highest BCUT2D eigenvalue weighted by Crippen LogP contribution is 2.26. The lowest BCUT2D eigenvalue weighted by Gasteiger charge is -2.17. The summed E-state index contributed by atoms with van der Waals surface area (Å²) >= 11 is 0. The number of carboxylic acids is 1. The number of hydrogen-bond acceptors (Lipinski definition) is 1. The summed E-state index contributed by atoms with van der Waals surface area (Å²) in [4.78, 5) is 14.3. The number of aromatic carboxylic acids is 1. The van der Waals surface area contributed by atoms with E-state index in [1.807, 2.05) is 20.8 Å². The van der Waals surface area contributed by atoms with Crippen LogP contribution in [0.3, 0.4) is 0 Å². The van der Waals surface area contributed by atoms with Crippen molar-refractivity contribution in [3.8, 4) is 0 Å². The molecule has 0 amide bonds. The van der Waals surface area contributed by atoms with Gasteiger partial charge in [-0.3, -0.25) is 0 Å². The molecule has 0 fully saturated rings. The summed E-state index contributed by atoms with van der Waals surface area (Å²) in [6.45, 7) is 8.13. The van der Waals surface area contributed by atoms with E-state index in [1.165, 1.54) is 0 Å². The first-order chi connectivity index (χ1) is 6.86. The summed E-state index contributed by atoms with van der Waals surface area (Å²) in [5.74, 6) is -0.849. The second kappa shape index (κ2) is 4.09. The average molecular weight is 209 g/mol. The molecule has 0 aromatic carbocycles. The van der Waals surface area contributed by atoms with E-state index < -0.39 is 5.97 Å². The predicted octanol–water partition coefficient (Wildman–Crippen LogP) is 2.96. The van der Waals surface area contributed by atoms with Crippen molar-refractivity contribution < 1.29 is 9.90 Å². The van der Waals surface area contributed by atoms with E-state index in [0.717, 1.165) is 24.2 Å². The monoisotopic (exact) mass is 209 g/mol. The number of rotatable bonds is 3. The standard InChI is InChI=1S/C12H19NO2/c1-5-6-8-7-9(11(14)15)10(13-8)12(2,3)4/h7,13H,5-6H2,1-4H3,(H,14,15). The van der Waals surface area contributed by atoms with Crippen LogP contribution in [0, 0.1) is 0 Å². The van der Waals surface area contributed by atoms with Crippen LogP contribution in [0.4, 0.5) is 0 Å². The van der Waals surface area contributed by atoms with Crippen LogP contribution in [0.25, 0.3) is 0 Å². The number of aromatic nitrogens is 1. The molecule has 1 rings (SSSR count). The van der Waals surface area contributed by atoms with Gasteiger partial charge in [0.05, 0.1) is 5.56 Å². The van der Waals surface area contributed by atoms with Gasteiger partial charge in [0.2, 0.25) is 0 Å². The summed E-state index contributed by atoms with van der Waals surface area (Å²) in [5, 5.41) is 9.09. The number of aryl methyl sites for hydroxylation is 1. The van der Waals surface area contributed by atoms with E-state index in [-0.39, 0.29) is 5.41 Å². The number of hydrogen-bond donors (Lipinski definition) is 2. The van der Waals surface area contributed by atoms with Crippen LogP contribution in [-0.2, 0) is 11.8 Å². The lowest BCUT2D eigenvalue weighted by atomic mass is 9.90. The molecule has 0 aliphatic heterocycles. The Bertz CT molecular complexity index is 358. The highest BCUT2D eigenvalue weighted by Gasteiger charge is 2.24. The fourth-order valence-electron chi connectivity index (χ4n) is 1.67. The van der Waals surface area contributed by atoms with Crippen LogP contribution in [-0.4, -0.2) is 16.1 Å². The lowest BCUT2D eigenvalue weighted by molar-refractivity contribution is 0.0694. The van der Waals surface area contributed by atoms with Crippen LogP contribution in [0.15, 0.2) is 6.07 Å². The quantitative estimate of drug-likeness (QED) is 0.804. The Morgan fingerprint density at radius 1 is 1.47 bits per heavy atom. The topological polar surface area (TPSA) is 53.1 Å². The number of carboxylic acid groups (broad SMARTS) is 1. The minimum atomic E-state index is -0.849. The first-order valence-electron chi connectivity index (χ1n) is 5.32. The molecule has 0 atom stereocenters. The Kier molecular flexibility index (Phi) is 3.22. The molecule has 1 heterocycles. The maximum atomic E-state index is 11.1. The third-order valence-electron chi connectivity index (χ3n) is 2.37. The Hall–Kier alpha value is -1.25. The zero-order chi connectivity index (χ0) is 11.6. The van der Waals surface area contributed by atoms with Gasteiger partial charge in [0.1, 0.15) is 0 Å². The van der Waals surface area contributed by atoms with E-state index in [0.29, 0.717) is 5.56 Å². The van der Waals surface area contributed by atoms with E-state index in [1.54, 1.807) is 6.07 Å². The fourth-order valence-corrected chi connectivity index (χ4v) is 1.67. The number of carbonyl (C=O) groups is 1. The van der Waals surface area contributed by atoms with Crippen LogP contribution in [0.5, 0.6) is 0 Å². The normalized spacial score (nSPS) is 11.7. The molecular formula is C12H19NO2. The summed E-state index contributed by atoms with van der Waals surface area (Å²) in [6, 6.07) is 1.76. The van der Waals surface area contributed by atoms with Gasteiger partial charge in [0.25, 0.3) is 0 Å². The molecule has 0 radical (unpaired) electrons. The van der Waals surface area contributed by atoms with Crippen LogP contribution >= 0.6 is 0 Å². The molecular weight excluding hydrogens is 190 g/mol. The van der Waals surface area contributed by atoms with E-state index in [9.17, 15) is 4.79 Å². The van der Waals surface area contributed by atoms with Crippen molar-refractivity contribution in [1.82, 2.24) is 4.98 Å². The van der Waals surface area contributed by atoms with Crippen molar-refractivity contribution >= 4 is 5.97 Å². The van der Waals surface area contributed by atoms with Crippen LogP contribution in [0.2, 0.25) is 0 Å². The van der Waals surface area contributed by atoms with E-state index in [4.69, 9.17) is 5.11 Å². The molecule has 1 aromatic heterocycles. The third-order valence-corrected chi connectivity index (χ3v) is 2.37. The van der Waals surface area contributed by atoms with Gasteiger partial charge in [-0.1, -0.05) is 34.1 Å². The first-order valence-corrected chi connectivity index (χ1v) is 5.32. The van der Waals surface area contributed by atoms with Crippen molar-refractivity contribution in [3.05, 3.63) is 23.0 Å². The lowest BCUT2D eigenvalue weighted by Crippen LogP contribution is -2.16. The Labute approximate surface area is 90.5 Å². The summed E-state index contributed by atoms with van der Waals surface area (Å²) in [7, 11) is 0. The van der Waals surface area contributed by atoms with Gasteiger partial charge < -0.3 is 10.1 Å². The Balaban J connectivity index is 3.18. The highest BCUT2D eigenvalue weighted by molar-refractivity contribution is 5.89. The van der Waals surface area contributed by atoms with Crippen molar-refractivity contribution in [1.29, 1.82) is 0 Å². The third kappa shape index (κ3) is 2.61. The SMILES string of the molecule is CCCc1cc(C(=O)O)c(C(C)(C)C)[nH]1. The molecule has 0 saturated carbocycles. The minimum absolute atomic E-state index is 0.153. The van der Waals surface area contributed by atoms with Crippen LogP contribution < -0.4 is 0 Å². The largest absolute Gasteiger partial charge is 0.478 e. The second-order valence-corrected chi connectivity index (χ2v) is 4.89. The highest BCUT2D eigenvalue weighted by atomic mass is 16.4. The summed E-state index contributed by atoms with van der Waals surface area (Å²) < 4.78 is 0. The molecule has 0 unspecified atom stereocenters. The zero-order valence-corrected chi connectivity index (χ0v) is 9.85. The first kappa shape index (κ1) is 11.8. The van der Waals surface area contributed by atoms with E-state index in [2.05, 4.69) is 11.9 Å². The molecule has 2 N–H and O–H groups in total. The molecule has 0 aliphatic carbocycles. The average Bonchev–Trinajstić information content (AvgIpc) is 2.48. The molecule has 1 aromatic rings. The van der Waals surface area contributed by atoms with Gasteiger partial charge in [-0.25, -0.2) is 4.79 Å². The van der Waals surface area contributed by atoms with Gasteiger partial charge in [-0.15, -0.1) is 0 Å². The number of nitrogens with one attached hydrogen (secondary N) is 1. The Morgan fingerprint density at radius 3 is 2.40 bits per heavy atom. The molecule has 3 nitrogen and oxygen atoms in total. The molecule has 3 heteroatoms. The van der Waals surface area contributed by atoms with Crippen molar-refractivity contribution in [2.24, 2.45) is 0 Å². The zero-order valence-electron chi connectivity index (χ0n) is 9.85. The van der Waals surface area contributed by atoms with Crippen molar-refractivity contribution in [2.75, 3.05) is 0 Å². The number of aromatic amines is 1. The second-order valence-electron chi connectivity index (χ2n) is 4.89. The van der Waals surface area contributed by atoms with Gasteiger partial charge in [0, 0.05) is 16.8 Å². The molecule has 0 bridgehead atoms. The number of H-pyrrole nitrogens is 1. The van der Waals surface area contributed by atoms with Gasteiger partial charge in [-0.2, -0.15) is 0 Å². The smallest absolute Gasteiger partial charge is 0.337 e. The summed E-state index contributed by atoms with van der Waals surface area (Å²) in [5.41, 5.74) is 2.09.